The van der Waals surface area contributed by atoms with Crippen LogP contribution in [0.25, 0.3) is 0 Å². The molecule has 1 fully saturated rings. The minimum atomic E-state index is -2.00. The molecule has 0 aliphatic carbocycles. The predicted octanol–water partition coefficient (Wildman–Crippen LogP) is 2.32. The third-order valence-electron chi connectivity index (χ3n) is 3.09. The first-order valence-electron chi connectivity index (χ1n) is 5.73. The van der Waals surface area contributed by atoms with Crippen molar-refractivity contribution in [3.05, 3.63) is 0 Å². The highest BCUT2D eigenvalue weighted by atomic mass is 32.2. The molecule has 0 saturated carbocycles. The van der Waals surface area contributed by atoms with Crippen molar-refractivity contribution >= 4 is 11.3 Å². The summed E-state index contributed by atoms with van der Waals surface area (Å²) in [7, 11) is 0. The van der Waals surface area contributed by atoms with E-state index in [0.29, 0.717) is 18.5 Å². The van der Waals surface area contributed by atoms with Gasteiger partial charge in [0.25, 0.3) is 0 Å². The second kappa shape index (κ2) is 5.41. The van der Waals surface area contributed by atoms with Crippen LogP contribution in [0.5, 0.6) is 0 Å². The molecule has 15 heavy (non-hydrogen) atoms. The summed E-state index contributed by atoms with van der Waals surface area (Å²) in [6, 6.07) is 0. The molecule has 0 aromatic carbocycles. The van der Waals surface area contributed by atoms with Crippen molar-refractivity contribution in [1.29, 1.82) is 0 Å². The number of hydrogen-bond donors (Lipinski definition) is 0. The molecule has 0 bridgehead atoms. The SMILES string of the molecule is CC(C)(C)CCC1CCN(S(=O)[O-])CC1. The van der Waals surface area contributed by atoms with Gasteiger partial charge in [-0.1, -0.05) is 20.8 Å². The fraction of sp³-hybridized carbons (Fsp3) is 1.00. The lowest BCUT2D eigenvalue weighted by Gasteiger charge is -2.33. The molecule has 1 saturated heterocycles. The summed E-state index contributed by atoms with van der Waals surface area (Å²) in [4.78, 5) is 0. The zero-order chi connectivity index (χ0) is 11.5. The highest BCUT2D eigenvalue weighted by Gasteiger charge is 2.21. The summed E-state index contributed by atoms with van der Waals surface area (Å²) in [5.41, 5.74) is 0.401. The Morgan fingerprint density at radius 2 is 1.87 bits per heavy atom. The second-order valence-corrected chi connectivity index (χ2v) is 6.64. The van der Waals surface area contributed by atoms with Crippen molar-refractivity contribution in [2.45, 2.75) is 46.5 Å². The van der Waals surface area contributed by atoms with E-state index in [1.54, 1.807) is 0 Å². The van der Waals surface area contributed by atoms with Crippen molar-refractivity contribution in [2.24, 2.45) is 11.3 Å². The van der Waals surface area contributed by atoms with Crippen molar-refractivity contribution in [2.75, 3.05) is 13.1 Å². The summed E-state index contributed by atoms with van der Waals surface area (Å²) in [5, 5.41) is 0. The van der Waals surface area contributed by atoms with Crippen LogP contribution in [0.15, 0.2) is 0 Å². The Hall–Kier alpha value is 0.0700. The average Bonchev–Trinajstić information content (AvgIpc) is 2.14. The number of rotatable bonds is 3. The zero-order valence-electron chi connectivity index (χ0n) is 9.99. The van der Waals surface area contributed by atoms with Crippen LogP contribution < -0.4 is 0 Å². The van der Waals surface area contributed by atoms with E-state index in [1.165, 1.54) is 17.1 Å². The Morgan fingerprint density at radius 1 is 1.33 bits per heavy atom. The van der Waals surface area contributed by atoms with Gasteiger partial charge in [0.1, 0.15) is 0 Å². The summed E-state index contributed by atoms with van der Waals surface area (Å²) in [6.45, 7) is 8.20. The molecule has 0 spiro atoms. The standard InChI is InChI=1S/C11H23NO2S/c1-11(2,3)7-4-10-5-8-12(9-6-10)15(13)14/h10H,4-9H2,1-3H3,(H,13,14)/p-1. The predicted molar refractivity (Wildman–Crippen MR) is 61.9 cm³/mol. The van der Waals surface area contributed by atoms with E-state index in [0.717, 1.165) is 18.8 Å². The molecule has 3 nitrogen and oxygen atoms in total. The van der Waals surface area contributed by atoms with E-state index in [-0.39, 0.29) is 0 Å². The van der Waals surface area contributed by atoms with E-state index in [4.69, 9.17) is 0 Å². The van der Waals surface area contributed by atoms with E-state index in [2.05, 4.69) is 20.8 Å². The van der Waals surface area contributed by atoms with Gasteiger partial charge in [-0.2, -0.15) is 0 Å². The molecule has 0 radical (unpaired) electrons. The lowest BCUT2D eigenvalue weighted by Crippen LogP contribution is -2.35. The molecule has 90 valence electrons. The third kappa shape index (κ3) is 5.09. The van der Waals surface area contributed by atoms with Gasteiger partial charge in [0.2, 0.25) is 0 Å². The first-order chi connectivity index (χ1) is 6.88. The summed E-state index contributed by atoms with van der Waals surface area (Å²) in [6.07, 6.45) is 4.54. The molecule has 4 heteroatoms. The van der Waals surface area contributed by atoms with Crippen molar-refractivity contribution in [1.82, 2.24) is 4.31 Å². The van der Waals surface area contributed by atoms with Gasteiger partial charge in [-0.3, -0.25) is 4.21 Å². The molecular weight excluding hydrogens is 210 g/mol. The lowest BCUT2D eigenvalue weighted by atomic mass is 9.84. The largest absolute Gasteiger partial charge is 0.760 e. The highest BCUT2D eigenvalue weighted by Crippen LogP contribution is 2.28. The molecule has 1 unspecified atom stereocenters. The molecule has 0 amide bonds. The molecule has 1 atom stereocenters. The van der Waals surface area contributed by atoms with E-state index < -0.39 is 11.3 Å². The van der Waals surface area contributed by atoms with Gasteiger partial charge in [0.15, 0.2) is 0 Å². The molecule has 0 N–H and O–H groups in total. The quantitative estimate of drug-likeness (QED) is 0.701. The summed E-state index contributed by atoms with van der Waals surface area (Å²) in [5.74, 6) is 0.726. The van der Waals surface area contributed by atoms with Crippen LogP contribution >= 0.6 is 0 Å². The Balaban J connectivity index is 2.23. The lowest BCUT2D eigenvalue weighted by molar-refractivity contribution is 0.231. The first-order valence-corrected chi connectivity index (χ1v) is 6.76. The van der Waals surface area contributed by atoms with Crippen LogP contribution in [-0.2, 0) is 11.3 Å². The van der Waals surface area contributed by atoms with E-state index >= 15 is 0 Å². The molecule has 0 aromatic rings. The molecule has 0 aromatic heterocycles. The molecule has 1 aliphatic heterocycles. The smallest absolute Gasteiger partial charge is 0.0209 e. The van der Waals surface area contributed by atoms with Crippen LogP contribution in [0.2, 0.25) is 0 Å². The summed E-state index contributed by atoms with van der Waals surface area (Å²) < 4.78 is 22.9. The van der Waals surface area contributed by atoms with Crippen molar-refractivity contribution in [3.63, 3.8) is 0 Å². The summed E-state index contributed by atoms with van der Waals surface area (Å²) >= 11 is -2.00. The molecule has 1 rings (SSSR count). The van der Waals surface area contributed by atoms with Crippen molar-refractivity contribution in [3.8, 4) is 0 Å². The van der Waals surface area contributed by atoms with Gasteiger partial charge in [0, 0.05) is 24.4 Å². The van der Waals surface area contributed by atoms with E-state index in [9.17, 15) is 8.76 Å². The maximum atomic E-state index is 10.7. The fourth-order valence-corrected chi connectivity index (χ4v) is 2.49. The first kappa shape index (κ1) is 13.1. The second-order valence-electron chi connectivity index (χ2n) is 5.69. The molecular formula is C11H22NO2S-. The minimum Gasteiger partial charge on any atom is -0.760 e. The van der Waals surface area contributed by atoms with Gasteiger partial charge in [0.05, 0.1) is 0 Å². The van der Waals surface area contributed by atoms with Gasteiger partial charge in [-0.05, 0) is 37.0 Å². The Kier molecular flexibility index (Phi) is 4.74. The van der Waals surface area contributed by atoms with Crippen LogP contribution in [-0.4, -0.2) is 26.2 Å². The normalized spacial score (nSPS) is 22.9. The van der Waals surface area contributed by atoms with Crippen LogP contribution in [0.3, 0.4) is 0 Å². The molecule has 1 aliphatic rings. The van der Waals surface area contributed by atoms with Gasteiger partial charge in [-0.25, -0.2) is 4.31 Å². The van der Waals surface area contributed by atoms with E-state index in [1.807, 2.05) is 0 Å². The van der Waals surface area contributed by atoms with Crippen molar-refractivity contribution < 1.29 is 8.76 Å². The van der Waals surface area contributed by atoms with Crippen LogP contribution in [0, 0.1) is 11.3 Å². The monoisotopic (exact) mass is 232 g/mol. The number of piperidine rings is 1. The van der Waals surface area contributed by atoms with Crippen LogP contribution in [0.4, 0.5) is 0 Å². The molecule has 1 heterocycles. The highest BCUT2D eigenvalue weighted by molar-refractivity contribution is 7.76. The number of nitrogens with zero attached hydrogens (tertiary/aromatic N) is 1. The Labute approximate surface area is 95.7 Å². The van der Waals surface area contributed by atoms with Crippen LogP contribution in [0.1, 0.15) is 46.5 Å². The number of hydrogen-bond acceptors (Lipinski definition) is 2. The maximum Gasteiger partial charge on any atom is 0.0209 e. The maximum absolute atomic E-state index is 10.7. The van der Waals surface area contributed by atoms with Gasteiger partial charge < -0.3 is 4.55 Å². The topological polar surface area (TPSA) is 43.4 Å². The minimum absolute atomic E-state index is 0.401. The third-order valence-corrected chi connectivity index (χ3v) is 3.87. The van der Waals surface area contributed by atoms with Gasteiger partial charge >= 0.3 is 0 Å². The fourth-order valence-electron chi connectivity index (χ4n) is 1.98. The Bertz CT molecular complexity index is 217. The Morgan fingerprint density at radius 3 is 2.27 bits per heavy atom. The zero-order valence-corrected chi connectivity index (χ0v) is 10.8. The van der Waals surface area contributed by atoms with Gasteiger partial charge in [-0.15, -0.1) is 0 Å². The average molecular weight is 232 g/mol.